The van der Waals surface area contributed by atoms with Crippen LogP contribution in [-0.2, 0) is 11.3 Å². The molecule has 0 aliphatic rings. The number of benzene rings is 2. The van der Waals surface area contributed by atoms with Crippen molar-refractivity contribution in [2.45, 2.75) is 25.4 Å². The number of nitrogens with zero attached hydrogens (tertiary/aromatic N) is 4. The summed E-state index contributed by atoms with van der Waals surface area (Å²) in [4.78, 5) is 17.0. The van der Waals surface area contributed by atoms with E-state index in [-0.39, 0.29) is 18.3 Å². The molecule has 0 bridgehead atoms. The number of hydrogen-bond acceptors (Lipinski definition) is 7. The summed E-state index contributed by atoms with van der Waals surface area (Å²) in [5.41, 5.74) is 10.6. The Morgan fingerprint density at radius 1 is 1.16 bits per heavy atom. The van der Waals surface area contributed by atoms with Gasteiger partial charge < -0.3 is 15.6 Å². The van der Waals surface area contributed by atoms with Gasteiger partial charge in [0.2, 0.25) is 11.7 Å². The molecule has 1 amide bonds. The zero-order valence-electron chi connectivity index (χ0n) is 17.4. The molecule has 9 heteroatoms. The van der Waals surface area contributed by atoms with Crippen molar-refractivity contribution in [3.8, 4) is 22.8 Å². The maximum atomic E-state index is 12.5. The second-order valence-electron chi connectivity index (χ2n) is 7.13. The highest BCUT2D eigenvalue weighted by atomic mass is 32.2. The van der Waals surface area contributed by atoms with Crippen LogP contribution in [0.4, 0.5) is 11.5 Å². The van der Waals surface area contributed by atoms with Crippen LogP contribution < -0.4 is 11.1 Å². The molecule has 0 aliphatic carbocycles. The first-order valence-corrected chi connectivity index (χ1v) is 10.8. The molecule has 31 heavy (non-hydrogen) atoms. The molecule has 2 aromatic carbocycles. The van der Waals surface area contributed by atoms with Crippen LogP contribution in [0.15, 0.2) is 58.1 Å². The molecule has 4 aromatic rings. The van der Waals surface area contributed by atoms with Gasteiger partial charge in [0.05, 0.1) is 0 Å². The van der Waals surface area contributed by atoms with Gasteiger partial charge in [0.1, 0.15) is 23.0 Å². The predicted molar refractivity (Wildman–Crippen MR) is 122 cm³/mol. The zero-order chi connectivity index (χ0) is 22.0. The minimum absolute atomic E-state index is 0.0356. The van der Waals surface area contributed by atoms with Crippen molar-refractivity contribution in [2.24, 2.45) is 0 Å². The molecule has 0 fully saturated rings. The van der Waals surface area contributed by atoms with Crippen molar-refractivity contribution in [3.63, 3.8) is 0 Å². The standard InChI is InChI=1S/C22H22N6O2S/c1-13-7-9-16(10-8-13)24-17(29)12-28-19(23)18(22(26-28)31-3)21-25-20(27-30-21)15-6-4-5-14(2)11-15/h4-11H,12,23H2,1-3H3,(H,24,29). The largest absolute Gasteiger partial charge is 0.383 e. The SMILES string of the molecule is CSc1nn(CC(=O)Nc2ccc(C)cc2)c(N)c1-c1nc(-c2cccc(C)c2)no1. The Labute approximate surface area is 183 Å². The number of aromatic nitrogens is 4. The van der Waals surface area contributed by atoms with Crippen molar-refractivity contribution in [1.82, 2.24) is 19.9 Å². The first kappa shape index (κ1) is 20.7. The fraction of sp³-hybridized carbons (Fsp3) is 0.182. The van der Waals surface area contributed by atoms with Gasteiger partial charge in [0.25, 0.3) is 5.89 Å². The highest BCUT2D eigenvalue weighted by molar-refractivity contribution is 7.98. The smallest absolute Gasteiger partial charge is 0.264 e. The third-order valence-corrected chi connectivity index (χ3v) is 5.37. The second kappa shape index (κ2) is 8.65. The summed E-state index contributed by atoms with van der Waals surface area (Å²) < 4.78 is 6.93. The molecule has 0 saturated carbocycles. The lowest BCUT2D eigenvalue weighted by Crippen LogP contribution is -2.20. The van der Waals surface area contributed by atoms with Crippen LogP contribution in [0, 0.1) is 13.8 Å². The Bertz CT molecular complexity index is 1230. The van der Waals surface area contributed by atoms with Crippen molar-refractivity contribution in [2.75, 3.05) is 17.3 Å². The fourth-order valence-electron chi connectivity index (χ4n) is 3.12. The number of thioether (sulfide) groups is 1. The van der Waals surface area contributed by atoms with Gasteiger partial charge in [-0.2, -0.15) is 10.1 Å². The summed E-state index contributed by atoms with van der Waals surface area (Å²) in [6.45, 7) is 3.95. The lowest BCUT2D eigenvalue weighted by molar-refractivity contribution is -0.116. The van der Waals surface area contributed by atoms with Crippen molar-refractivity contribution in [3.05, 3.63) is 59.7 Å². The Balaban J connectivity index is 1.58. The van der Waals surface area contributed by atoms with E-state index in [1.165, 1.54) is 16.4 Å². The number of amides is 1. The summed E-state index contributed by atoms with van der Waals surface area (Å²) in [5, 5.41) is 12.0. The molecule has 3 N–H and O–H groups in total. The van der Waals surface area contributed by atoms with E-state index < -0.39 is 0 Å². The third-order valence-electron chi connectivity index (χ3n) is 4.70. The fourth-order valence-corrected chi connectivity index (χ4v) is 3.69. The number of rotatable bonds is 6. The van der Waals surface area contributed by atoms with Gasteiger partial charge in [0, 0.05) is 11.3 Å². The number of carbonyl (C=O) groups is 1. The molecule has 0 aliphatic heterocycles. The first-order valence-electron chi connectivity index (χ1n) is 9.62. The molecule has 8 nitrogen and oxygen atoms in total. The van der Waals surface area contributed by atoms with Crippen molar-refractivity contribution >= 4 is 29.2 Å². The van der Waals surface area contributed by atoms with Crippen LogP contribution in [-0.4, -0.2) is 32.1 Å². The van der Waals surface area contributed by atoms with E-state index in [2.05, 4.69) is 20.6 Å². The Morgan fingerprint density at radius 2 is 1.94 bits per heavy atom. The van der Waals surface area contributed by atoms with E-state index in [9.17, 15) is 4.79 Å². The molecule has 158 valence electrons. The number of carbonyl (C=O) groups excluding carboxylic acids is 1. The van der Waals surface area contributed by atoms with Gasteiger partial charge in [-0.25, -0.2) is 4.68 Å². The highest BCUT2D eigenvalue weighted by Gasteiger charge is 2.23. The van der Waals surface area contributed by atoms with Crippen LogP contribution in [0.3, 0.4) is 0 Å². The molecule has 0 atom stereocenters. The predicted octanol–water partition coefficient (Wildman–Crippen LogP) is 4.16. The average molecular weight is 435 g/mol. The lowest BCUT2D eigenvalue weighted by Gasteiger charge is -2.07. The number of aryl methyl sites for hydroxylation is 2. The van der Waals surface area contributed by atoms with E-state index in [0.717, 1.165) is 16.7 Å². The number of nitrogens with one attached hydrogen (secondary N) is 1. The van der Waals surface area contributed by atoms with Gasteiger partial charge in [-0.15, -0.1) is 11.8 Å². The number of nitrogens with two attached hydrogens (primary N) is 1. The molecule has 0 unspecified atom stereocenters. The third kappa shape index (κ3) is 4.46. The topological polar surface area (TPSA) is 112 Å². The molecular weight excluding hydrogens is 412 g/mol. The average Bonchev–Trinajstić information content (AvgIpc) is 3.34. The second-order valence-corrected chi connectivity index (χ2v) is 7.93. The van der Waals surface area contributed by atoms with Crippen molar-refractivity contribution in [1.29, 1.82) is 0 Å². The Hall–Kier alpha value is -3.59. The van der Waals surface area contributed by atoms with Crippen LogP contribution >= 0.6 is 11.8 Å². The van der Waals surface area contributed by atoms with Gasteiger partial charge in [-0.3, -0.25) is 4.79 Å². The van der Waals surface area contributed by atoms with E-state index in [4.69, 9.17) is 10.3 Å². The monoisotopic (exact) mass is 434 g/mol. The van der Waals surface area contributed by atoms with Crippen LogP contribution in [0.5, 0.6) is 0 Å². The van der Waals surface area contributed by atoms with Crippen LogP contribution in [0.1, 0.15) is 11.1 Å². The first-order chi connectivity index (χ1) is 14.9. The molecule has 0 radical (unpaired) electrons. The number of nitrogen functional groups attached to an aromatic ring is 1. The summed E-state index contributed by atoms with van der Waals surface area (Å²) >= 11 is 1.39. The molecule has 4 rings (SSSR count). The minimum atomic E-state index is -0.233. The number of hydrogen-bond donors (Lipinski definition) is 2. The molecule has 2 aromatic heterocycles. The Morgan fingerprint density at radius 3 is 2.65 bits per heavy atom. The van der Waals surface area contributed by atoms with Gasteiger partial charge in [-0.05, 0) is 38.3 Å². The summed E-state index contributed by atoms with van der Waals surface area (Å²) in [5.74, 6) is 0.796. The van der Waals surface area contributed by atoms with Crippen LogP contribution in [0.25, 0.3) is 22.8 Å². The molecule has 0 saturated heterocycles. The Kier molecular flexibility index (Phi) is 5.77. The summed E-state index contributed by atoms with van der Waals surface area (Å²) in [6.07, 6.45) is 1.87. The molecule has 0 spiro atoms. The summed E-state index contributed by atoms with van der Waals surface area (Å²) in [7, 11) is 0. The quantitative estimate of drug-likeness (QED) is 0.438. The van der Waals surface area contributed by atoms with Crippen molar-refractivity contribution < 1.29 is 9.32 Å². The van der Waals surface area contributed by atoms with E-state index in [0.29, 0.717) is 27.9 Å². The maximum absolute atomic E-state index is 12.5. The normalized spacial score (nSPS) is 10.9. The zero-order valence-corrected chi connectivity index (χ0v) is 18.2. The highest BCUT2D eigenvalue weighted by Crippen LogP contribution is 2.34. The van der Waals surface area contributed by atoms with E-state index in [1.54, 1.807) is 0 Å². The van der Waals surface area contributed by atoms with E-state index in [1.807, 2.05) is 68.6 Å². The van der Waals surface area contributed by atoms with E-state index >= 15 is 0 Å². The number of anilines is 2. The van der Waals surface area contributed by atoms with Gasteiger partial charge in [-0.1, -0.05) is 46.6 Å². The lowest BCUT2D eigenvalue weighted by atomic mass is 10.1. The van der Waals surface area contributed by atoms with Crippen LogP contribution in [0.2, 0.25) is 0 Å². The molecular formula is C22H22N6O2S. The minimum Gasteiger partial charge on any atom is -0.383 e. The van der Waals surface area contributed by atoms with Gasteiger partial charge in [0.15, 0.2) is 0 Å². The van der Waals surface area contributed by atoms with Gasteiger partial charge >= 0.3 is 0 Å². The maximum Gasteiger partial charge on any atom is 0.264 e. The molecule has 2 heterocycles. The summed E-state index contributed by atoms with van der Waals surface area (Å²) in [6, 6.07) is 15.4.